The highest BCUT2D eigenvalue weighted by Gasteiger charge is 2.52. The standard InChI is InChI=1S/C57H32O2/c1-2-13-35-33(12-1)26-29-49-53(35)43-15-3-6-22-46(43)57(49)47-23-7-4-16-44(47)54-36(17-11-24-48(54)57)34-27-30-51-45(32-34)40-19-9-18-39-37(28-31-52(58-51)55(39)40)41-20-10-21-42-38-14-5-8-25-50(38)59-56(41)42/h1-32H. The van der Waals surface area contributed by atoms with Gasteiger partial charge in [-0.05, 0) is 113 Å². The van der Waals surface area contributed by atoms with Crippen LogP contribution in [0.2, 0.25) is 0 Å². The normalized spacial score (nSPS) is 15.3. The molecule has 2 heteroatoms. The summed E-state index contributed by atoms with van der Waals surface area (Å²) in [6.45, 7) is 0. The Labute approximate surface area is 340 Å². The monoisotopic (exact) mass is 748 g/mol. The lowest BCUT2D eigenvalue weighted by Gasteiger charge is -2.30. The zero-order valence-electron chi connectivity index (χ0n) is 31.8. The quantitative estimate of drug-likeness (QED) is 0.176. The third kappa shape index (κ3) is 3.91. The van der Waals surface area contributed by atoms with E-state index >= 15 is 0 Å². The van der Waals surface area contributed by atoms with Gasteiger partial charge >= 0.3 is 0 Å². The number of hydrogen-bond donors (Lipinski definition) is 0. The molecule has 272 valence electrons. The van der Waals surface area contributed by atoms with Crippen LogP contribution in [0.3, 0.4) is 0 Å². The molecule has 2 aliphatic carbocycles. The minimum absolute atomic E-state index is 0.432. The average Bonchev–Trinajstić information content (AvgIpc) is 3.94. The summed E-state index contributed by atoms with van der Waals surface area (Å²) in [7, 11) is 0. The summed E-state index contributed by atoms with van der Waals surface area (Å²) < 4.78 is 13.3. The third-order valence-electron chi connectivity index (χ3n) is 13.5. The highest BCUT2D eigenvalue weighted by Crippen LogP contribution is 2.65. The van der Waals surface area contributed by atoms with Crippen LogP contribution in [0.25, 0.3) is 99.1 Å². The Balaban J connectivity index is 0.983. The molecular formula is C57H32O2. The van der Waals surface area contributed by atoms with E-state index in [1.165, 1.54) is 72.0 Å². The lowest BCUT2D eigenvalue weighted by Crippen LogP contribution is -2.25. The number of rotatable bonds is 2. The molecule has 59 heavy (non-hydrogen) atoms. The van der Waals surface area contributed by atoms with Crippen molar-refractivity contribution in [2.75, 3.05) is 0 Å². The van der Waals surface area contributed by atoms with E-state index in [0.717, 1.165) is 60.9 Å². The minimum atomic E-state index is -0.432. The molecule has 3 aliphatic rings. The lowest BCUT2D eigenvalue weighted by atomic mass is 9.70. The summed E-state index contributed by atoms with van der Waals surface area (Å²) in [5.41, 5.74) is 18.9. The largest absolute Gasteiger partial charge is 0.456 e. The Bertz CT molecular complexity index is 3660. The van der Waals surface area contributed by atoms with Gasteiger partial charge in [0.1, 0.15) is 22.7 Å². The van der Waals surface area contributed by atoms with Gasteiger partial charge in [-0.15, -0.1) is 0 Å². The molecule has 0 saturated heterocycles. The topological polar surface area (TPSA) is 22.4 Å². The van der Waals surface area contributed by atoms with Crippen molar-refractivity contribution in [3.05, 3.63) is 216 Å². The van der Waals surface area contributed by atoms with E-state index in [2.05, 4.69) is 182 Å². The Morgan fingerprint density at radius 3 is 1.85 bits per heavy atom. The number of fused-ring (bicyclic) bond motifs is 17. The number of furan rings is 1. The Morgan fingerprint density at radius 1 is 0.339 bits per heavy atom. The van der Waals surface area contributed by atoms with Crippen molar-refractivity contribution in [3.8, 4) is 67.1 Å². The van der Waals surface area contributed by atoms with E-state index in [9.17, 15) is 0 Å². The molecule has 0 N–H and O–H groups in total. The molecule has 11 aromatic rings. The second kappa shape index (κ2) is 11.2. The highest BCUT2D eigenvalue weighted by atomic mass is 16.5. The van der Waals surface area contributed by atoms with Gasteiger partial charge in [0.25, 0.3) is 0 Å². The van der Waals surface area contributed by atoms with Crippen LogP contribution in [0.1, 0.15) is 22.3 Å². The first-order chi connectivity index (χ1) is 29.3. The van der Waals surface area contributed by atoms with Crippen LogP contribution in [-0.2, 0) is 5.41 Å². The number of ether oxygens (including phenoxy) is 1. The van der Waals surface area contributed by atoms with Crippen molar-refractivity contribution in [3.63, 3.8) is 0 Å². The molecule has 1 atom stereocenters. The molecule has 2 heterocycles. The molecule has 1 spiro atoms. The second-order valence-corrected chi connectivity index (χ2v) is 16.2. The maximum atomic E-state index is 6.78. The maximum absolute atomic E-state index is 6.78. The fourth-order valence-corrected chi connectivity index (χ4v) is 11.2. The average molecular weight is 749 g/mol. The number of hydrogen-bond acceptors (Lipinski definition) is 2. The van der Waals surface area contributed by atoms with Crippen molar-refractivity contribution in [1.82, 2.24) is 0 Å². The first-order valence-electron chi connectivity index (χ1n) is 20.4. The lowest BCUT2D eigenvalue weighted by molar-refractivity contribution is 0.487. The zero-order valence-corrected chi connectivity index (χ0v) is 31.8. The molecule has 0 radical (unpaired) electrons. The highest BCUT2D eigenvalue weighted by molar-refractivity contribution is 6.16. The van der Waals surface area contributed by atoms with Crippen LogP contribution in [0.5, 0.6) is 11.5 Å². The van der Waals surface area contributed by atoms with Crippen LogP contribution in [0, 0.1) is 0 Å². The van der Waals surface area contributed by atoms with E-state index < -0.39 is 5.41 Å². The first kappa shape index (κ1) is 31.4. The van der Waals surface area contributed by atoms with Gasteiger partial charge in [-0.3, -0.25) is 0 Å². The van der Waals surface area contributed by atoms with E-state index in [4.69, 9.17) is 9.15 Å². The van der Waals surface area contributed by atoms with E-state index in [-0.39, 0.29) is 0 Å². The molecule has 14 rings (SSSR count). The summed E-state index contributed by atoms with van der Waals surface area (Å²) in [6, 6.07) is 71.2. The molecule has 10 aromatic carbocycles. The summed E-state index contributed by atoms with van der Waals surface area (Å²) in [5, 5.41) is 7.10. The predicted molar refractivity (Wildman–Crippen MR) is 241 cm³/mol. The fourth-order valence-electron chi connectivity index (χ4n) is 11.2. The van der Waals surface area contributed by atoms with E-state index in [1.54, 1.807) is 0 Å². The second-order valence-electron chi connectivity index (χ2n) is 16.2. The Kier molecular flexibility index (Phi) is 5.99. The van der Waals surface area contributed by atoms with Crippen LogP contribution in [-0.4, -0.2) is 0 Å². The molecule has 0 fully saturated rings. The number of benzene rings is 10. The van der Waals surface area contributed by atoms with Crippen LogP contribution in [0.15, 0.2) is 199 Å². The smallest absolute Gasteiger partial charge is 0.143 e. The van der Waals surface area contributed by atoms with Gasteiger partial charge in [0.2, 0.25) is 0 Å². The van der Waals surface area contributed by atoms with Crippen molar-refractivity contribution >= 4 is 43.5 Å². The zero-order chi connectivity index (χ0) is 38.4. The van der Waals surface area contributed by atoms with Gasteiger partial charge in [0.05, 0.1) is 5.41 Å². The van der Waals surface area contributed by atoms with Gasteiger partial charge in [-0.1, -0.05) is 164 Å². The van der Waals surface area contributed by atoms with Crippen molar-refractivity contribution < 1.29 is 9.15 Å². The molecule has 1 aromatic heterocycles. The fraction of sp³-hybridized carbons (Fsp3) is 0.0175. The summed E-state index contributed by atoms with van der Waals surface area (Å²) in [5.74, 6) is 1.75. The molecule has 0 bridgehead atoms. The van der Waals surface area contributed by atoms with Gasteiger partial charge in [-0.2, -0.15) is 0 Å². The summed E-state index contributed by atoms with van der Waals surface area (Å²) in [6.07, 6.45) is 0. The van der Waals surface area contributed by atoms with Gasteiger partial charge < -0.3 is 9.15 Å². The first-order valence-corrected chi connectivity index (χ1v) is 20.4. The molecule has 1 aliphatic heterocycles. The van der Waals surface area contributed by atoms with Crippen molar-refractivity contribution in [2.45, 2.75) is 5.41 Å². The molecular weight excluding hydrogens is 717 g/mol. The molecule has 1 unspecified atom stereocenters. The predicted octanol–water partition coefficient (Wildman–Crippen LogP) is 15.3. The van der Waals surface area contributed by atoms with Crippen LogP contribution >= 0.6 is 0 Å². The molecule has 0 saturated carbocycles. The van der Waals surface area contributed by atoms with E-state index in [0.29, 0.717) is 0 Å². The maximum Gasteiger partial charge on any atom is 0.143 e. The van der Waals surface area contributed by atoms with Gasteiger partial charge in [-0.25, -0.2) is 0 Å². The van der Waals surface area contributed by atoms with E-state index in [1.807, 2.05) is 12.1 Å². The SMILES string of the molecule is c1ccc2c(c1)-c1c(-c3ccc4c(c3)-c3cccc5c(-c6cccc7c6oc6ccccc67)ccc(c35)O4)cccc1C21c2ccccc2-c2c1ccc1ccccc21. The Morgan fingerprint density at radius 2 is 0.966 bits per heavy atom. The van der Waals surface area contributed by atoms with Gasteiger partial charge in [0, 0.05) is 27.3 Å². The number of para-hydroxylation sites is 2. The molecule has 0 amide bonds. The van der Waals surface area contributed by atoms with Crippen LogP contribution in [0.4, 0.5) is 0 Å². The summed E-state index contributed by atoms with van der Waals surface area (Å²) in [4.78, 5) is 0. The minimum Gasteiger partial charge on any atom is -0.456 e. The third-order valence-corrected chi connectivity index (χ3v) is 13.5. The molecule has 2 nitrogen and oxygen atoms in total. The van der Waals surface area contributed by atoms with Crippen molar-refractivity contribution in [1.29, 1.82) is 0 Å². The Hall–Kier alpha value is -7.68. The summed E-state index contributed by atoms with van der Waals surface area (Å²) >= 11 is 0. The van der Waals surface area contributed by atoms with Crippen LogP contribution < -0.4 is 4.74 Å². The van der Waals surface area contributed by atoms with Gasteiger partial charge in [0.15, 0.2) is 0 Å². The van der Waals surface area contributed by atoms with Crippen molar-refractivity contribution in [2.24, 2.45) is 0 Å².